The van der Waals surface area contributed by atoms with Gasteiger partial charge in [-0.2, -0.15) is 0 Å². The van der Waals surface area contributed by atoms with Gasteiger partial charge in [-0.15, -0.1) is 0 Å². The Kier molecular flexibility index (Phi) is 6.44. The molecule has 29 heavy (non-hydrogen) atoms. The highest BCUT2D eigenvalue weighted by atomic mass is 16.4. The quantitative estimate of drug-likeness (QED) is 0.729. The number of aliphatic carboxylic acids is 1. The Hall–Kier alpha value is -3.41. The van der Waals surface area contributed by atoms with Crippen molar-refractivity contribution in [2.24, 2.45) is 11.8 Å². The van der Waals surface area contributed by atoms with Gasteiger partial charge in [0.25, 0.3) is 5.91 Å². The van der Waals surface area contributed by atoms with Crippen LogP contribution < -0.4 is 10.2 Å². The number of amides is 2. The molecule has 1 aliphatic rings. The van der Waals surface area contributed by atoms with Crippen molar-refractivity contribution in [1.29, 1.82) is 0 Å². The van der Waals surface area contributed by atoms with Gasteiger partial charge in [-0.05, 0) is 56.2 Å². The summed E-state index contributed by atoms with van der Waals surface area (Å²) in [4.78, 5) is 38.5. The van der Waals surface area contributed by atoms with Gasteiger partial charge in [-0.1, -0.05) is 30.4 Å². The van der Waals surface area contributed by atoms with Crippen LogP contribution in [0.2, 0.25) is 0 Å². The molecule has 2 aromatic carbocycles. The van der Waals surface area contributed by atoms with Gasteiger partial charge in [0.05, 0.1) is 11.8 Å². The minimum Gasteiger partial charge on any atom is -0.481 e. The number of hydrogen-bond acceptors (Lipinski definition) is 3. The van der Waals surface area contributed by atoms with Crippen molar-refractivity contribution in [3.8, 4) is 0 Å². The molecular formula is C23H24N2O4. The molecule has 0 unspecified atom stereocenters. The third-order valence-corrected chi connectivity index (χ3v) is 5.12. The number of carbonyl (C=O) groups excluding carboxylic acids is 2. The van der Waals surface area contributed by atoms with Crippen molar-refractivity contribution in [2.75, 3.05) is 16.8 Å². The highest BCUT2D eigenvalue weighted by Crippen LogP contribution is 2.27. The van der Waals surface area contributed by atoms with Gasteiger partial charge < -0.3 is 15.3 Å². The molecule has 0 aliphatic heterocycles. The summed E-state index contributed by atoms with van der Waals surface area (Å²) in [7, 11) is 0. The molecule has 0 fully saturated rings. The summed E-state index contributed by atoms with van der Waals surface area (Å²) in [6.45, 7) is 2.45. The van der Waals surface area contributed by atoms with Crippen molar-refractivity contribution in [3.05, 3.63) is 72.3 Å². The zero-order chi connectivity index (χ0) is 20.8. The number of para-hydroxylation sites is 1. The summed E-state index contributed by atoms with van der Waals surface area (Å²) in [6, 6.07) is 16.1. The summed E-state index contributed by atoms with van der Waals surface area (Å²) in [5.41, 5.74) is 1.87. The van der Waals surface area contributed by atoms with E-state index < -0.39 is 17.8 Å². The van der Waals surface area contributed by atoms with E-state index in [2.05, 4.69) is 5.32 Å². The summed E-state index contributed by atoms with van der Waals surface area (Å²) in [5, 5.41) is 12.1. The van der Waals surface area contributed by atoms with Crippen molar-refractivity contribution in [1.82, 2.24) is 0 Å². The second-order valence-electron chi connectivity index (χ2n) is 6.95. The fourth-order valence-corrected chi connectivity index (χ4v) is 3.52. The van der Waals surface area contributed by atoms with Crippen molar-refractivity contribution in [3.63, 3.8) is 0 Å². The van der Waals surface area contributed by atoms with E-state index in [0.29, 0.717) is 30.6 Å². The Morgan fingerprint density at radius 3 is 2.17 bits per heavy atom. The van der Waals surface area contributed by atoms with Gasteiger partial charge in [0, 0.05) is 23.5 Å². The molecule has 0 heterocycles. The molecule has 2 atom stereocenters. The highest BCUT2D eigenvalue weighted by molar-refractivity contribution is 6.06. The Morgan fingerprint density at radius 2 is 1.59 bits per heavy atom. The number of carbonyl (C=O) groups is 3. The number of carboxylic acid groups (broad SMARTS) is 1. The van der Waals surface area contributed by atoms with Crippen LogP contribution >= 0.6 is 0 Å². The first-order valence-electron chi connectivity index (χ1n) is 9.67. The summed E-state index contributed by atoms with van der Waals surface area (Å²) >= 11 is 0. The van der Waals surface area contributed by atoms with Crippen LogP contribution in [0.3, 0.4) is 0 Å². The fraction of sp³-hybridized carbons (Fsp3) is 0.261. The Morgan fingerprint density at radius 1 is 0.966 bits per heavy atom. The lowest BCUT2D eigenvalue weighted by Crippen LogP contribution is -2.34. The third-order valence-electron chi connectivity index (χ3n) is 5.12. The van der Waals surface area contributed by atoms with E-state index in [9.17, 15) is 19.5 Å². The van der Waals surface area contributed by atoms with E-state index in [1.807, 2.05) is 43.3 Å². The van der Waals surface area contributed by atoms with Crippen LogP contribution in [0.4, 0.5) is 11.4 Å². The topological polar surface area (TPSA) is 86.7 Å². The average Bonchev–Trinajstić information content (AvgIpc) is 2.75. The maximum absolute atomic E-state index is 12.8. The van der Waals surface area contributed by atoms with E-state index in [0.717, 1.165) is 5.69 Å². The molecule has 2 amide bonds. The molecule has 0 aromatic heterocycles. The number of nitrogens with one attached hydrogen (secondary N) is 1. The predicted octanol–water partition coefficient (Wildman–Crippen LogP) is 3.96. The number of benzene rings is 2. The van der Waals surface area contributed by atoms with E-state index in [1.54, 1.807) is 35.2 Å². The molecule has 1 aliphatic carbocycles. The fourth-order valence-electron chi connectivity index (χ4n) is 3.52. The molecule has 6 heteroatoms. The molecule has 0 bridgehead atoms. The molecule has 0 radical (unpaired) electrons. The van der Waals surface area contributed by atoms with Gasteiger partial charge in [-0.3, -0.25) is 14.4 Å². The molecule has 150 valence electrons. The van der Waals surface area contributed by atoms with Crippen LogP contribution in [-0.2, 0) is 9.59 Å². The van der Waals surface area contributed by atoms with Crippen LogP contribution in [0.25, 0.3) is 0 Å². The van der Waals surface area contributed by atoms with Gasteiger partial charge in [-0.25, -0.2) is 0 Å². The van der Waals surface area contributed by atoms with Gasteiger partial charge in [0.15, 0.2) is 0 Å². The lowest BCUT2D eigenvalue weighted by Gasteiger charge is -2.24. The Labute approximate surface area is 169 Å². The van der Waals surface area contributed by atoms with E-state index in [-0.39, 0.29) is 11.8 Å². The summed E-state index contributed by atoms with van der Waals surface area (Å²) in [5.74, 6) is -2.73. The second kappa shape index (κ2) is 9.19. The SMILES string of the molecule is CCN(C(=O)c1ccc(NC(=O)[C@H]2CC=CC[C@H]2C(=O)O)cc1)c1ccccc1. The number of hydrogen-bond donors (Lipinski definition) is 2. The van der Waals surface area contributed by atoms with Crippen molar-refractivity contribution in [2.45, 2.75) is 19.8 Å². The van der Waals surface area contributed by atoms with Gasteiger partial charge in [0.2, 0.25) is 5.91 Å². The molecule has 2 N–H and O–H groups in total. The molecule has 2 aromatic rings. The summed E-state index contributed by atoms with van der Waals surface area (Å²) in [6.07, 6.45) is 4.40. The van der Waals surface area contributed by atoms with E-state index >= 15 is 0 Å². The first-order chi connectivity index (χ1) is 14.0. The molecule has 0 spiro atoms. The average molecular weight is 392 g/mol. The minimum absolute atomic E-state index is 0.125. The predicted molar refractivity (Wildman–Crippen MR) is 112 cm³/mol. The summed E-state index contributed by atoms with van der Waals surface area (Å²) < 4.78 is 0. The van der Waals surface area contributed by atoms with Gasteiger partial charge in [0.1, 0.15) is 0 Å². The number of carboxylic acids is 1. The van der Waals surface area contributed by atoms with Crippen LogP contribution in [-0.4, -0.2) is 29.4 Å². The normalized spacial score (nSPS) is 18.1. The molecule has 0 saturated heterocycles. The Bertz CT molecular complexity index is 906. The van der Waals surface area contributed by atoms with Crippen molar-refractivity contribution >= 4 is 29.2 Å². The first kappa shape index (κ1) is 20.3. The monoisotopic (exact) mass is 392 g/mol. The largest absolute Gasteiger partial charge is 0.481 e. The highest BCUT2D eigenvalue weighted by Gasteiger charge is 2.33. The minimum atomic E-state index is -0.962. The molecule has 0 saturated carbocycles. The smallest absolute Gasteiger partial charge is 0.307 e. The molecule has 6 nitrogen and oxygen atoms in total. The van der Waals surface area contributed by atoms with Gasteiger partial charge >= 0.3 is 5.97 Å². The van der Waals surface area contributed by atoms with Crippen LogP contribution in [0, 0.1) is 11.8 Å². The second-order valence-corrected chi connectivity index (χ2v) is 6.95. The zero-order valence-corrected chi connectivity index (χ0v) is 16.2. The van der Waals surface area contributed by atoms with Crippen molar-refractivity contribution < 1.29 is 19.5 Å². The lowest BCUT2D eigenvalue weighted by molar-refractivity contribution is -0.146. The number of rotatable bonds is 6. The van der Waals surface area contributed by atoms with E-state index in [4.69, 9.17) is 0 Å². The zero-order valence-electron chi connectivity index (χ0n) is 16.2. The number of anilines is 2. The number of allylic oxidation sites excluding steroid dienone is 2. The third kappa shape index (κ3) is 4.71. The lowest BCUT2D eigenvalue weighted by atomic mass is 9.82. The maximum atomic E-state index is 12.8. The Balaban J connectivity index is 1.70. The molecule has 3 rings (SSSR count). The standard InChI is InChI=1S/C23H24N2O4/c1-2-25(18-8-4-3-5-9-18)22(27)16-12-14-17(15-13-16)24-21(26)19-10-6-7-11-20(19)23(28)29/h3-9,12-15,19-20H,2,10-11H2,1H3,(H,24,26)(H,28,29)/t19-,20+/m0/s1. The van der Waals surface area contributed by atoms with Crippen LogP contribution in [0.15, 0.2) is 66.7 Å². The van der Waals surface area contributed by atoms with E-state index in [1.165, 1.54) is 0 Å². The van der Waals surface area contributed by atoms with Crippen LogP contribution in [0.5, 0.6) is 0 Å². The first-order valence-corrected chi connectivity index (χ1v) is 9.67. The number of nitrogens with zero attached hydrogens (tertiary/aromatic N) is 1. The van der Waals surface area contributed by atoms with Crippen LogP contribution in [0.1, 0.15) is 30.1 Å². The molecular weight excluding hydrogens is 368 g/mol. The maximum Gasteiger partial charge on any atom is 0.307 e.